The van der Waals surface area contributed by atoms with Gasteiger partial charge in [-0.05, 0) is 24.6 Å². The number of nitrogens with zero attached hydrogens (tertiary/aromatic N) is 2. The number of hydrogen-bond donors (Lipinski definition) is 1. The van der Waals surface area contributed by atoms with Crippen LogP contribution in [-0.2, 0) is 10.0 Å². The van der Waals surface area contributed by atoms with Gasteiger partial charge >= 0.3 is 0 Å². The molecule has 2 N–H and O–H groups in total. The number of rotatable bonds is 2. The van der Waals surface area contributed by atoms with Crippen LogP contribution in [0.25, 0.3) is 0 Å². The van der Waals surface area contributed by atoms with Crippen LogP contribution in [-0.4, -0.2) is 31.9 Å². The van der Waals surface area contributed by atoms with Gasteiger partial charge in [-0.3, -0.25) is 0 Å². The molecule has 0 atom stereocenters. The Morgan fingerprint density at radius 3 is 2.65 bits per heavy atom. The molecule has 2 rings (SSSR count). The molecule has 0 spiro atoms. The highest BCUT2D eigenvalue weighted by molar-refractivity contribution is 7.89. The summed E-state index contributed by atoms with van der Waals surface area (Å²) in [5.74, 6) is 0. The summed E-state index contributed by atoms with van der Waals surface area (Å²) in [6.07, 6.45) is 0. The quantitative estimate of drug-likeness (QED) is 0.813. The number of nitriles is 1. The lowest BCUT2D eigenvalue weighted by Crippen LogP contribution is -2.57. The van der Waals surface area contributed by atoms with Crippen LogP contribution in [0.1, 0.15) is 11.1 Å². The second-order valence-corrected chi connectivity index (χ2v) is 6.08. The molecule has 0 amide bonds. The molecule has 1 aliphatic rings. The maximum absolute atomic E-state index is 12.2. The van der Waals surface area contributed by atoms with E-state index in [4.69, 9.17) is 11.0 Å². The third kappa shape index (κ3) is 2.05. The fourth-order valence-electron chi connectivity index (χ4n) is 1.75. The Bertz CT molecular complexity index is 583. The van der Waals surface area contributed by atoms with Crippen molar-refractivity contribution in [3.8, 4) is 6.07 Å². The van der Waals surface area contributed by atoms with Crippen molar-refractivity contribution in [2.75, 3.05) is 13.1 Å². The molecule has 0 radical (unpaired) electrons. The number of benzene rings is 1. The molecule has 90 valence electrons. The summed E-state index contributed by atoms with van der Waals surface area (Å²) in [7, 11) is -3.50. The molecule has 1 aliphatic heterocycles. The van der Waals surface area contributed by atoms with E-state index in [0.29, 0.717) is 24.2 Å². The van der Waals surface area contributed by atoms with Crippen molar-refractivity contribution in [1.29, 1.82) is 5.26 Å². The Balaban J connectivity index is 2.43. The summed E-state index contributed by atoms with van der Waals surface area (Å²) in [4.78, 5) is 0.198. The van der Waals surface area contributed by atoms with Crippen LogP contribution in [0, 0.1) is 18.3 Å². The molecule has 0 unspecified atom stereocenters. The molecular formula is C11H13N3O2S. The number of hydrogen-bond acceptors (Lipinski definition) is 4. The molecule has 0 bridgehead atoms. The number of sulfonamides is 1. The van der Waals surface area contributed by atoms with Crippen molar-refractivity contribution in [2.24, 2.45) is 5.73 Å². The van der Waals surface area contributed by atoms with Crippen LogP contribution < -0.4 is 5.73 Å². The van der Waals surface area contributed by atoms with E-state index in [9.17, 15) is 8.42 Å². The van der Waals surface area contributed by atoms with E-state index < -0.39 is 10.0 Å². The summed E-state index contributed by atoms with van der Waals surface area (Å²) < 4.78 is 25.8. The minimum absolute atomic E-state index is 0.0794. The number of nitrogens with two attached hydrogens (primary N) is 1. The van der Waals surface area contributed by atoms with Gasteiger partial charge in [0.15, 0.2) is 0 Å². The maximum Gasteiger partial charge on any atom is 0.243 e. The third-order valence-corrected chi connectivity index (χ3v) is 4.78. The van der Waals surface area contributed by atoms with Gasteiger partial charge in [-0.2, -0.15) is 9.57 Å². The van der Waals surface area contributed by atoms with Crippen LogP contribution >= 0.6 is 0 Å². The number of aryl methyl sites for hydroxylation is 1. The molecule has 6 heteroatoms. The fourth-order valence-corrected chi connectivity index (χ4v) is 3.56. The van der Waals surface area contributed by atoms with Crippen molar-refractivity contribution in [1.82, 2.24) is 4.31 Å². The summed E-state index contributed by atoms with van der Waals surface area (Å²) in [5.41, 5.74) is 6.57. The molecule has 5 nitrogen and oxygen atoms in total. The first-order chi connectivity index (χ1) is 7.95. The second-order valence-electron chi connectivity index (χ2n) is 4.17. The molecule has 1 aromatic rings. The Labute approximate surface area is 101 Å². The zero-order chi connectivity index (χ0) is 12.6. The van der Waals surface area contributed by atoms with Crippen LogP contribution in [0.3, 0.4) is 0 Å². The lowest BCUT2D eigenvalue weighted by Gasteiger charge is -2.35. The van der Waals surface area contributed by atoms with Crippen molar-refractivity contribution < 1.29 is 8.42 Å². The molecule has 1 aromatic carbocycles. The van der Waals surface area contributed by atoms with Gasteiger partial charge in [-0.1, -0.05) is 6.07 Å². The van der Waals surface area contributed by atoms with E-state index in [1.165, 1.54) is 10.4 Å². The van der Waals surface area contributed by atoms with E-state index in [2.05, 4.69) is 0 Å². The molecule has 1 fully saturated rings. The molecule has 0 saturated carbocycles. The van der Waals surface area contributed by atoms with Gasteiger partial charge in [-0.15, -0.1) is 0 Å². The molecule has 17 heavy (non-hydrogen) atoms. The first-order valence-electron chi connectivity index (χ1n) is 5.21. The summed E-state index contributed by atoms with van der Waals surface area (Å²) in [6, 6.07) is 6.53. The summed E-state index contributed by atoms with van der Waals surface area (Å²) in [6.45, 7) is 2.41. The second kappa shape index (κ2) is 4.11. The maximum atomic E-state index is 12.2. The van der Waals surface area contributed by atoms with Crippen molar-refractivity contribution >= 4 is 10.0 Å². The zero-order valence-electron chi connectivity index (χ0n) is 9.42. The predicted octanol–water partition coefficient (Wildman–Crippen LogP) is 0.198. The fraction of sp³-hybridized carbons (Fsp3) is 0.364. The van der Waals surface area contributed by atoms with E-state index >= 15 is 0 Å². The lowest BCUT2D eigenvalue weighted by atomic mass is 10.2. The molecular weight excluding hydrogens is 238 g/mol. The highest BCUT2D eigenvalue weighted by Gasteiger charge is 2.35. The van der Waals surface area contributed by atoms with Gasteiger partial charge < -0.3 is 5.73 Å². The Morgan fingerprint density at radius 1 is 1.47 bits per heavy atom. The van der Waals surface area contributed by atoms with Gasteiger partial charge in [0.05, 0.1) is 16.5 Å². The van der Waals surface area contributed by atoms with Gasteiger partial charge in [0.1, 0.15) is 0 Å². The van der Waals surface area contributed by atoms with Crippen molar-refractivity contribution in [3.63, 3.8) is 0 Å². The minimum Gasteiger partial charge on any atom is -0.325 e. The normalized spacial score (nSPS) is 17.5. The van der Waals surface area contributed by atoms with E-state index in [1.807, 2.05) is 6.07 Å². The molecule has 0 aliphatic carbocycles. The Hall–Kier alpha value is -1.42. The molecule has 1 saturated heterocycles. The van der Waals surface area contributed by atoms with Crippen LogP contribution in [0.4, 0.5) is 0 Å². The van der Waals surface area contributed by atoms with E-state index in [0.717, 1.165) is 0 Å². The average molecular weight is 251 g/mol. The average Bonchev–Trinajstić information content (AvgIpc) is 2.25. The predicted molar refractivity (Wildman–Crippen MR) is 62.6 cm³/mol. The molecule has 0 aromatic heterocycles. The molecule has 1 heterocycles. The van der Waals surface area contributed by atoms with Gasteiger partial charge in [-0.25, -0.2) is 8.42 Å². The Morgan fingerprint density at radius 2 is 2.12 bits per heavy atom. The van der Waals surface area contributed by atoms with Gasteiger partial charge in [0.2, 0.25) is 10.0 Å². The van der Waals surface area contributed by atoms with Crippen molar-refractivity contribution in [3.05, 3.63) is 29.3 Å². The van der Waals surface area contributed by atoms with Crippen LogP contribution in [0.15, 0.2) is 23.1 Å². The SMILES string of the molecule is Cc1ccc(C#N)cc1S(=O)(=O)N1CC(N)C1. The van der Waals surface area contributed by atoms with E-state index in [-0.39, 0.29) is 10.9 Å². The summed E-state index contributed by atoms with van der Waals surface area (Å²) in [5, 5.41) is 8.79. The van der Waals surface area contributed by atoms with Crippen molar-refractivity contribution in [2.45, 2.75) is 17.9 Å². The van der Waals surface area contributed by atoms with Gasteiger partial charge in [0, 0.05) is 19.1 Å². The Kier molecular flexibility index (Phi) is 2.91. The smallest absolute Gasteiger partial charge is 0.243 e. The lowest BCUT2D eigenvalue weighted by molar-refractivity contribution is 0.265. The first kappa shape index (κ1) is 12.0. The van der Waals surface area contributed by atoms with E-state index in [1.54, 1.807) is 19.1 Å². The monoisotopic (exact) mass is 251 g/mol. The largest absolute Gasteiger partial charge is 0.325 e. The van der Waals surface area contributed by atoms with Gasteiger partial charge in [0.25, 0.3) is 0 Å². The van der Waals surface area contributed by atoms with Crippen LogP contribution in [0.2, 0.25) is 0 Å². The minimum atomic E-state index is -3.50. The first-order valence-corrected chi connectivity index (χ1v) is 6.65. The highest BCUT2D eigenvalue weighted by Crippen LogP contribution is 2.24. The third-order valence-electron chi connectivity index (χ3n) is 2.81. The zero-order valence-corrected chi connectivity index (χ0v) is 10.2. The summed E-state index contributed by atoms with van der Waals surface area (Å²) >= 11 is 0. The topological polar surface area (TPSA) is 87.2 Å². The van der Waals surface area contributed by atoms with Crippen LogP contribution in [0.5, 0.6) is 0 Å². The highest BCUT2D eigenvalue weighted by atomic mass is 32.2. The standard InChI is InChI=1S/C11H13N3O2S/c1-8-2-3-9(5-12)4-11(8)17(15,16)14-6-10(13)7-14/h2-4,10H,6-7,13H2,1H3.